The van der Waals surface area contributed by atoms with Crippen LogP contribution in [0.3, 0.4) is 0 Å². The van der Waals surface area contributed by atoms with Crippen LogP contribution < -0.4 is 5.73 Å². The van der Waals surface area contributed by atoms with Gasteiger partial charge in [0.15, 0.2) is 0 Å². The number of aromatic amines is 1. The summed E-state index contributed by atoms with van der Waals surface area (Å²) >= 11 is 0. The van der Waals surface area contributed by atoms with Gasteiger partial charge in [0.2, 0.25) is 5.91 Å². The highest BCUT2D eigenvalue weighted by atomic mass is 35.5. The Kier molecular flexibility index (Phi) is 5.64. The lowest BCUT2D eigenvalue weighted by Crippen LogP contribution is -2.42. The molecule has 3 N–H and O–H groups in total. The van der Waals surface area contributed by atoms with Crippen LogP contribution in [0.5, 0.6) is 0 Å². The van der Waals surface area contributed by atoms with E-state index < -0.39 is 6.04 Å². The topological polar surface area (TPSA) is 88.1 Å². The van der Waals surface area contributed by atoms with Gasteiger partial charge in [-0.25, -0.2) is 0 Å². The van der Waals surface area contributed by atoms with Gasteiger partial charge >= 0.3 is 0 Å². The van der Waals surface area contributed by atoms with Gasteiger partial charge in [-0.1, -0.05) is 23.4 Å². The Balaban J connectivity index is 0.00000208. The van der Waals surface area contributed by atoms with Gasteiger partial charge in [-0.15, -0.1) is 12.4 Å². The average molecular weight is 349 g/mol. The van der Waals surface area contributed by atoms with Crippen molar-refractivity contribution in [3.05, 3.63) is 53.5 Å². The number of aryl methyl sites for hydroxylation is 1. The molecule has 0 aliphatic rings. The number of benzene rings is 1. The number of hydrogen-bond donors (Lipinski definition) is 2. The molecule has 0 aliphatic carbocycles. The summed E-state index contributed by atoms with van der Waals surface area (Å²) in [6.45, 7) is 2.21. The van der Waals surface area contributed by atoms with E-state index in [0.29, 0.717) is 13.0 Å². The van der Waals surface area contributed by atoms with Crippen molar-refractivity contribution in [1.29, 1.82) is 0 Å². The number of halogens is 1. The maximum atomic E-state index is 12.4. The minimum absolute atomic E-state index is 0. The summed E-state index contributed by atoms with van der Waals surface area (Å²) in [4.78, 5) is 17.2. The number of carbonyl (C=O) groups is 1. The molecule has 0 unspecified atom stereocenters. The SMILES string of the molecule is Cc1cc(CN(C)C(=O)[C@@H](N)Cc2c[nH]c3ccccc23)no1.Cl. The number of aromatic nitrogens is 2. The maximum Gasteiger partial charge on any atom is 0.239 e. The number of nitrogens with zero attached hydrogens (tertiary/aromatic N) is 2. The summed E-state index contributed by atoms with van der Waals surface area (Å²) in [5.74, 6) is 0.611. The molecular formula is C17H21ClN4O2. The number of carbonyl (C=O) groups excluding carboxylic acids is 1. The first-order valence-electron chi connectivity index (χ1n) is 7.52. The number of hydrogen-bond acceptors (Lipinski definition) is 4. The van der Waals surface area contributed by atoms with Gasteiger partial charge in [-0.3, -0.25) is 4.79 Å². The lowest BCUT2D eigenvalue weighted by Gasteiger charge is -2.20. The fourth-order valence-corrected chi connectivity index (χ4v) is 2.72. The molecule has 0 bridgehead atoms. The van der Waals surface area contributed by atoms with E-state index >= 15 is 0 Å². The number of nitrogens with two attached hydrogens (primary N) is 1. The van der Waals surface area contributed by atoms with Crippen molar-refractivity contribution in [2.45, 2.75) is 25.9 Å². The second-order valence-corrected chi connectivity index (χ2v) is 5.79. The second kappa shape index (κ2) is 7.51. The second-order valence-electron chi connectivity index (χ2n) is 5.79. The van der Waals surface area contributed by atoms with Crippen molar-refractivity contribution in [3.8, 4) is 0 Å². The molecule has 0 fully saturated rings. The molecule has 0 spiro atoms. The predicted molar refractivity (Wildman–Crippen MR) is 94.9 cm³/mol. The Hall–Kier alpha value is -2.31. The Morgan fingerprint density at radius 1 is 1.42 bits per heavy atom. The number of H-pyrrole nitrogens is 1. The van der Waals surface area contributed by atoms with Crippen molar-refractivity contribution in [3.63, 3.8) is 0 Å². The van der Waals surface area contributed by atoms with E-state index in [0.717, 1.165) is 27.9 Å². The summed E-state index contributed by atoms with van der Waals surface area (Å²) in [6, 6.07) is 9.21. The molecule has 1 amide bonds. The number of rotatable bonds is 5. The van der Waals surface area contributed by atoms with Crippen molar-refractivity contribution in [1.82, 2.24) is 15.0 Å². The average Bonchev–Trinajstić information content (AvgIpc) is 3.13. The van der Waals surface area contributed by atoms with E-state index in [1.807, 2.05) is 43.5 Å². The van der Waals surface area contributed by atoms with E-state index in [1.54, 1.807) is 11.9 Å². The third kappa shape index (κ3) is 3.77. The molecule has 3 aromatic rings. The number of fused-ring (bicyclic) bond motifs is 1. The van der Waals surface area contributed by atoms with Crippen molar-refractivity contribution < 1.29 is 9.32 Å². The highest BCUT2D eigenvalue weighted by Crippen LogP contribution is 2.19. The van der Waals surface area contributed by atoms with Crippen LogP contribution in [0, 0.1) is 6.92 Å². The van der Waals surface area contributed by atoms with Gasteiger partial charge in [0, 0.05) is 30.2 Å². The molecule has 1 aromatic carbocycles. The van der Waals surface area contributed by atoms with E-state index in [1.165, 1.54) is 0 Å². The van der Waals surface area contributed by atoms with Gasteiger partial charge in [-0.05, 0) is 25.0 Å². The van der Waals surface area contributed by atoms with Crippen LogP contribution >= 0.6 is 12.4 Å². The Bertz CT molecular complexity index is 827. The van der Waals surface area contributed by atoms with Crippen LogP contribution in [0.4, 0.5) is 0 Å². The Labute approximate surface area is 146 Å². The largest absolute Gasteiger partial charge is 0.361 e. The molecule has 2 aromatic heterocycles. The van der Waals surface area contributed by atoms with Gasteiger partial charge < -0.3 is 20.1 Å². The van der Waals surface area contributed by atoms with Gasteiger partial charge in [0.25, 0.3) is 0 Å². The molecule has 0 radical (unpaired) electrons. The summed E-state index contributed by atoms with van der Waals surface area (Å²) in [5.41, 5.74) is 8.93. The minimum Gasteiger partial charge on any atom is -0.361 e. The quantitative estimate of drug-likeness (QED) is 0.741. The molecule has 24 heavy (non-hydrogen) atoms. The van der Waals surface area contributed by atoms with Gasteiger partial charge in [-0.2, -0.15) is 0 Å². The lowest BCUT2D eigenvalue weighted by atomic mass is 10.0. The van der Waals surface area contributed by atoms with E-state index in [9.17, 15) is 4.79 Å². The van der Waals surface area contributed by atoms with Crippen LogP contribution in [-0.2, 0) is 17.8 Å². The fraction of sp³-hybridized carbons (Fsp3) is 0.294. The first-order chi connectivity index (χ1) is 11.0. The third-order valence-electron chi connectivity index (χ3n) is 3.88. The maximum absolute atomic E-state index is 12.4. The number of para-hydroxylation sites is 1. The van der Waals surface area contributed by atoms with Crippen molar-refractivity contribution in [2.24, 2.45) is 5.73 Å². The Morgan fingerprint density at radius 3 is 2.88 bits per heavy atom. The normalized spacial score (nSPS) is 12.0. The Morgan fingerprint density at radius 2 is 2.17 bits per heavy atom. The molecule has 128 valence electrons. The standard InChI is InChI=1S/C17H20N4O2.ClH/c1-11-7-13(20-23-11)10-21(2)17(22)15(18)8-12-9-19-16-6-4-3-5-14(12)16;/h3-7,9,15,19H,8,10,18H2,1-2H3;1H/t15-;/m0./s1. The van der Waals surface area contributed by atoms with Crippen molar-refractivity contribution >= 4 is 29.2 Å². The molecule has 0 saturated carbocycles. The van der Waals surface area contributed by atoms with Crippen LogP contribution in [0.2, 0.25) is 0 Å². The van der Waals surface area contributed by atoms with E-state index in [2.05, 4.69) is 10.1 Å². The van der Waals surface area contributed by atoms with Gasteiger partial charge in [0.05, 0.1) is 12.6 Å². The zero-order valence-corrected chi connectivity index (χ0v) is 14.5. The van der Waals surface area contributed by atoms with Crippen LogP contribution in [0.25, 0.3) is 10.9 Å². The molecule has 6 nitrogen and oxygen atoms in total. The lowest BCUT2D eigenvalue weighted by molar-refractivity contribution is -0.131. The van der Waals surface area contributed by atoms with Crippen LogP contribution in [0.15, 0.2) is 41.1 Å². The summed E-state index contributed by atoms with van der Waals surface area (Å²) in [5, 5.41) is 5.00. The number of amides is 1. The van der Waals surface area contributed by atoms with Gasteiger partial charge in [0.1, 0.15) is 11.5 Å². The molecule has 0 aliphatic heterocycles. The molecule has 0 saturated heterocycles. The number of nitrogens with one attached hydrogen (secondary N) is 1. The summed E-state index contributed by atoms with van der Waals surface area (Å²) < 4.78 is 5.02. The predicted octanol–water partition coefficient (Wildman–Crippen LogP) is 2.41. The number of likely N-dealkylation sites (N-methyl/N-ethyl adjacent to an activating group) is 1. The summed E-state index contributed by atoms with van der Waals surface area (Å²) in [6.07, 6.45) is 2.41. The molecule has 2 heterocycles. The molecular weight excluding hydrogens is 328 g/mol. The fourth-order valence-electron chi connectivity index (χ4n) is 2.72. The van der Waals surface area contributed by atoms with Crippen LogP contribution in [0.1, 0.15) is 17.0 Å². The van der Waals surface area contributed by atoms with Crippen LogP contribution in [-0.4, -0.2) is 34.0 Å². The molecule has 3 rings (SSSR count). The zero-order chi connectivity index (χ0) is 16.4. The summed E-state index contributed by atoms with van der Waals surface area (Å²) in [7, 11) is 1.72. The smallest absolute Gasteiger partial charge is 0.239 e. The molecule has 1 atom stereocenters. The highest BCUT2D eigenvalue weighted by Gasteiger charge is 2.20. The first-order valence-corrected chi connectivity index (χ1v) is 7.52. The highest BCUT2D eigenvalue weighted by molar-refractivity contribution is 5.86. The molecule has 7 heteroatoms. The minimum atomic E-state index is -0.591. The monoisotopic (exact) mass is 348 g/mol. The third-order valence-corrected chi connectivity index (χ3v) is 3.88. The first kappa shape index (κ1) is 18.0. The van der Waals surface area contributed by atoms with Crippen molar-refractivity contribution in [2.75, 3.05) is 7.05 Å². The van der Waals surface area contributed by atoms with E-state index in [-0.39, 0.29) is 18.3 Å². The van der Waals surface area contributed by atoms with E-state index in [4.69, 9.17) is 10.3 Å². The zero-order valence-electron chi connectivity index (χ0n) is 13.7.